The largest absolute Gasteiger partial charge is 0.399 e. The first-order chi connectivity index (χ1) is 8.29. The molecule has 1 aromatic heterocycles. The summed E-state index contributed by atoms with van der Waals surface area (Å²) in [6.45, 7) is 2.14. The molecule has 0 bridgehead atoms. The fourth-order valence-corrected chi connectivity index (χ4v) is 1.84. The third kappa shape index (κ3) is 3.06. The molecule has 1 heterocycles. The highest BCUT2D eigenvalue weighted by Crippen LogP contribution is 2.13. The molecular formula is C15H18N2. The Morgan fingerprint density at radius 2 is 1.88 bits per heavy atom. The Bertz CT molecular complexity index is 475. The first-order valence-corrected chi connectivity index (χ1v) is 6.06. The van der Waals surface area contributed by atoms with Crippen LogP contribution in [0.15, 0.2) is 42.6 Å². The Balaban J connectivity index is 2.00. The zero-order chi connectivity index (χ0) is 12.1. The quantitative estimate of drug-likeness (QED) is 0.814. The molecule has 2 heteroatoms. The van der Waals surface area contributed by atoms with E-state index >= 15 is 0 Å². The molecule has 2 nitrogen and oxygen atoms in total. The topological polar surface area (TPSA) is 38.9 Å². The molecule has 2 rings (SSSR count). The van der Waals surface area contributed by atoms with Gasteiger partial charge in [-0.25, -0.2) is 0 Å². The highest BCUT2D eigenvalue weighted by atomic mass is 14.7. The Hall–Kier alpha value is -1.83. The van der Waals surface area contributed by atoms with Crippen molar-refractivity contribution in [3.63, 3.8) is 0 Å². The Morgan fingerprint density at radius 3 is 2.53 bits per heavy atom. The van der Waals surface area contributed by atoms with Gasteiger partial charge in [0.25, 0.3) is 0 Å². The summed E-state index contributed by atoms with van der Waals surface area (Å²) >= 11 is 0. The van der Waals surface area contributed by atoms with Gasteiger partial charge < -0.3 is 5.73 Å². The number of para-hydroxylation sites is 1. The first-order valence-electron chi connectivity index (χ1n) is 6.06. The predicted molar refractivity (Wildman–Crippen MR) is 71.9 cm³/mol. The lowest BCUT2D eigenvalue weighted by atomic mass is 10.1. The molecule has 1 aromatic carbocycles. The van der Waals surface area contributed by atoms with Gasteiger partial charge in [-0.3, -0.25) is 4.98 Å². The van der Waals surface area contributed by atoms with E-state index in [2.05, 4.69) is 30.1 Å². The van der Waals surface area contributed by atoms with Gasteiger partial charge in [0.05, 0.1) is 0 Å². The zero-order valence-electron chi connectivity index (χ0n) is 10.2. The molecule has 0 amide bonds. The molecule has 0 saturated heterocycles. The van der Waals surface area contributed by atoms with Crippen LogP contribution in [-0.2, 0) is 19.3 Å². The third-order valence-electron chi connectivity index (χ3n) is 3.00. The number of hydrogen-bond donors (Lipinski definition) is 1. The van der Waals surface area contributed by atoms with Gasteiger partial charge in [-0.2, -0.15) is 0 Å². The molecule has 17 heavy (non-hydrogen) atoms. The van der Waals surface area contributed by atoms with Crippen molar-refractivity contribution in [1.29, 1.82) is 0 Å². The maximum atomic E-state index is 5.91. The SMILES string of the molecule is CCc1ccc(CCc2ccccc2N)nc1. The van der Waals surface area contributed by atoms with Crippen molar-refractivity contribution in [2.75, 3.05) is 5.73 Å². The van der Waals surface area contributed by atoms with E-state index in [0.717, 1.165) is 30.6 Å². The average molecular weight is 226 g/mol. The number of aromatic nitrogens is 1. The van der Waals surface area contributed by atoms with Gasteiger partial charge in [0.2, 0.25) is 0 Å². The molecule has 2 N–H and O–H groups in total. The van der Waals surface area contributed by atoms with Crippen LogP contribution in [-0.4, -0.2) is 4.98 Å². The number of nitrogen functional groups attached to an aromatic ring is 1. The van der Waals surface area contributed by atoms with Crippen LogP contribution in [0.4, 0.5) is 5.69 Å². The van der Waals surface area contributed by atoms with E-state index in [4.69, 9.17) is 5.73 Å². The first kappa shape index (κ1) is 11.6. The minimum absolute atomic E-state index is 0.873. The van der Waals surface area contributed by atoms with Gasteiger partial charge in [-0.15, -0.1) is 0 Å². The molecule has 0 spiro atoms. The molecule has 0 radical (unpaired) electrons. The van der Waals surface area contributed by atoms with Crippen LogP contribution in [0.5, 0.6) is 0 Å². The normalized spacial score (nSPS) is 10.4. The van der Waals surface area contributed by atoms with Crippen LogP contribution in [0.2, 0.25) is 0 Å². The molecule has 0 aliphatic carbocycles. The second-order valence-corrected chi connectivity index (χ2v) is 4.21. The van der Waals surface area contributed by atoms with Crippen molar-refractivity contribution in [2.45, 2.75) is 26.2 Å². The van der Waals surface area contributed by atoms with Crippen LogP contribution in [0.3, 0.4) is 0 Å². The van der Waals surface area contributed by atoms with Gasteiger partial charge in [-0.05, 0) is 42.5 Å². The highest BCUT2D eigenvalue weighted by molar-refractivity contribution is 5.46. The van der Waals surface area contributed by atoms with Crippen LogP contribution in [0, 0.1) is 0 Å². The summed E-state index contributed by atoms with van der Waals surface area (Å²) in [6, 6.07) is 12.3. The van der Waals surface area contributed by atoms with Gasteiger partial charge in [0, 0.05) is 17.6 Å². The summed E-state index contributed by atoms with van der Waals surface area (Å²) in [5.41, 5.74) is 10.4. The number of aryl methyl sites for hydroxylation is 3. The van der Waals surface area contributed by atoms with Gasteiger partial charge >= 0.3 is 0 Å². The predicted octanol–water partition coefficient (Wildman–Crippen LogP) is 3.01. The summed E-state index contributed by atoms with van der Waals surface area (Å²) in [7, 11) is 0. The maximum absolute atomic E-state index is 5.91. The molecule has 88 valence electrons. The number of anilines is 1. The van der Waals surface area contributed by atoms with Gasteiger partial charge in [-0.1, -0.05) is 31.2 Å². The number of pyridine rings is 1. The van der Waals surface area contributed by atoms with E-state index in [-0.39, 0.29) is 0 Å². The van der Waals surface area contributed by atoms with Crippen molar-refractivity contribution < 1.29 is 0 Å². The molecular weight excluding hydrogens is 208 g/mol. The van der Waals surface area contributed by atoms with E-state index in [0.29, 0.717) is 0 Å². The monoisotopic (exact) mass is 226 g/mol. The molecule has 0 atom stereocenters. The summed E-state index contributed by atoms with van der Waals surface area (Å²) in [6.07, 6.45) is 4.89. The Morgan fingerprint density at radius 1 is 1.06 bits per heavy atom. The Kier molecular flexibility index (Phi) is 3.76. The lowest BCUT2D eigenvalue weighted by Crippen LogP contribution is -1.98. The van der Waals surface area contributed by atoms with Crippen LogP contribution >= 0.6 is 0 Å². The molecule has 0 aliphatic heterocycles. The highest BCUT2D eigenvalue weighted by Gasteiger charge is 2.00. The van der Waals surface area contributed by atoms with Crippen molar-refractivity contribution in [3.05, 3.63) is 59.4 Å². The standard InChI is InChI=1S/C15H18N2/c1-2-12-7-9-14(17-11-12)10-8-13-5-3-4-6-15(13)16/h3-7,9,11H,2,8,10,16H2,1H3. The van der Waals surface area contributed by atoms with Crippen molar-refractivity contribution in [1.82, 2.24) is 4.98 Å². The summed E-state index contributed by atoms with van der Waals surface area (Å²) in [4.78, 5) is 4.45. The summed E-state index contributed by atoms with van der Waals surface area (Å²) in [5.74, 6) is 0. The molecule has 0 unspecified atom stereocenters. The van der Waals surface area contributed by atoms with Crippen molar-refractivity contribution in [3.8, 4) is 0 Å². The summed E-state index contributed by atoms with van der Waals surface area (Å²) in [5, 5.41) is 0. The fourth-order valence-electron chi connectivity index (χ4n) is 1.84. The zero-order valence-corrected chi connectivity index (χ0v) is 10.2. The number of rotatable bonds is 4. The molecule has 0 fully saturated rings. The minimum Gasteiger partial charge on any atom is -0.399 e. The lowest BCUT2D eigenvalue weighted by Gasteiger charge is -2.05. The molecule has 0 aliphatic rings. The fraction of sp³-hybridized carbons (Fsp3) is 0.267. The van der Waals surface area contributed by atoms with Crippen LogP contribution in [0.1, 0.15) is 23.7 Å². The maximum Gasteiger partial charge on any atom is 0.0407 e. The van der Waals surface area contributed by atoms with Crippen LogP contribution < -0.4 is 5.73 Å². The minimum atomic E-state index is 0.873. The van der Waals surface area contributed by atoms with Crippen molar-refractivity contribution in [2.24, 2.45) is 0 Å². The molecule has 0 saturated carbocycles. The van der Waals surface area contributed by atoms with E-state index in [9.17, 15) is 0 Å². The Labute approximate surface area is 103 Å². The summed E-state index contributed by atoms with van der Waals surface area (Å²) < 4.78 is 0. The second-order valence-electron chi connectivity index (χ2n) is 4.21. The lowest BCUT2D eigenvalue weighted by molar-refractivity contribution is 0.908. The van der Waals surface area contributed by atoms with E-state index in [1.165, 1.54) is 11.1 Å². The number of benzene rings is 1. The van der Waals surface area contributed by atoms with E-state index in [1.807, 2.05) is 24.4 Å². The smallest absolute Gasteiger partial charge is 0.0407 e. The van der Waals surface area contributed by atoms with Gasteiger partial charge in [0.15, 0.2) is 0 Å². The number of hydrogen-bond acceptors (Lipinski definition) is 2. The third-order valence-corrected chi connectivity index (χ3v) is 3.00. The van der Waals surface area contributed by atoms with Crippen LogP contribution in [0.25, 0.3) is 0 Å². The van der Waals surface area contributed by atoms with E-state index < -0.39 is 0 Å². The second kappa shape index (κ2) is 5.48. The van der Waals surface area contributed by atoms with Gasteiger partial charge in [0.1, 0.15) is 0 Å². The van der Waals surface area contributed by atoms with Crippen molar-refractivity contribution >= 4 is 5.69 Å². The van der Waals surface area contributed by atoms with E-state index in [1.54, 1.807) is 0 Å². The molecule has 2 aromatic rings. The number of nitrogens with two attached hydrogens (primary N) is 1. The average Bonchev–Trinajstić information content (AvgIpc) is 2.38. The number of nitrogens with zero attached hydrogens (tertiary/aromatic N) is 1.